The molecule has 0 aliphatic carbocycles. The second-order valence-corrected chi connectivity index (χ2v) is 6.96. The molecule has 1 heterocycles. The van der Waals surface area contributed by atoms with Crippen LogP contribution in [0.15, 0.2) is 18.2 Å². The number of ether oxygens (including phenoxy) is 2. The average molecular weight is 343 g/mol. The van der Waals surface area contributed by atoms with Crippen LogP contribution in [0.4, 0.5) is 0 Å². The van der Waals surface area contributed by atoms with Gasteiger partial charge in [0.2, 0.25) is 5.91 Å². The van der Waals surface area contributed by atoms with Gasteiger partial charge in [0, 0.05) is 23.6 Å². The van der Waals surface area contributed by atoms with E-state index in [4.69, 9.17) is 14.6 Å². The molecule has 1 aromatic rings. The van der Waals surface area contributed by atoms with Crippen molar-refractivity contribution in [1.29, 1.82) is 0 Å². The Bertz CT molecular complexity index is 512. The van der Waals surface area contributed by atoms with Gasteiger partial charge in [-0.2, -0.15) is 11.8 Å². The van der Waals surface area contributed by atoms with Crippen molar-refractivity contribution in [3.8, 4) is 11.5 Å². The van der Waals surface area contributed by atoms with Crippen LogP contribution in [0, 0.1) is 0 Å². The Morgan fingerprint density at radius 2 is 2.18 bits per heavy atom. The monoisotopic (exact) mass is 343 g/mol. The minimum Gasteiger partial charge on any atom is -0.493 e. The van der Waals surface area contributed by atoms with Gasteiger partial charge < -0.3 is 19.5 Å². The van der Waals surface area contributed by atoms with Gasteiger partial charge in [-0.15, -0.1) is 11.8 Å². The zero-order valence-corrected chi connectivity index (χ0v) is 14.4. The van der Waals surface area contributed by atoms with Gasteiger partial charge in [-0.25, -0.2) is 0 Å². The minimum absolute atomic E-state index is 0.0488. The number of nitrogens with zero attached hydrogens (tertiary/aromatic N) is 1. The van der Waals surface area contributed by atoms with E-state index in [1.165, 1.54) is 0 Å². The third-order valence-electron chi connectivity index (χ3n) is 3.38. The van der Waals surface area contributed by atoms with Gasteiger partial charge in [0.15, 0.2) is 11.5 Å². The first-order chi connectivity index (χ1) is 10.7. The zero-order chi connectivity index (χ0) is 15.9. The second kappa shape index (κ2) is 8.55. The molecule has 1 aliphatic heterocycles. The summed E-state index contributed by atoms with van der Waals surface area (Å²) < 4.78 is 10.8. The smallest absolute Gasteiger partial charge is 0.233 e. The fourth-order valence-electron chi connectivity index (χ4n) is 2.39. The predicted octanol–water partition coefficient (Wildman–Crippen LogP) is 2.00. The van der Waals surface area contributed by atoms with Crippen molar-refractivity contribution < 1.29 is 19.4 Å². The van der Waals surface area contributed by atoms with E-state index < -0.39 is 0 Å². The second-order valence-electron chi connectivity index (χ2n) is 4.67. The molecule has 0 bridgehead atoms. The van der Waals surface area contributed by atoms with Crippen LogP contribution in [0.25, 0.3) is 0 Å². The predicted molar refractivity (Wildman–Crippen MR) is 90.9 cm³/mol. The number of para-hydroxylation sites is 1. The van der Waals surface area contributed by atoms with E-state index in [2.05, 4.69) is 0 Å². The summed E-state index contributed by atoms with van der Waals surface area (Å²) in [7, 11) is 3.22. The number of carbonyl (C=O) groups excluding carboxylic acids is 1. The highest BCUT2D eigenvalue weighted by Gasteiger charge is 2.34. The number of methoxy groups -OCH3 is 2. The molecule has 1 amide bonds. The molecule has 122 valence electrons. The molecule has 1 N–H and O–H groups in total. The summed E-state index contributed by atoms with van der Waals surface area (Å²) in [6.45, 7) is 0.835. The van der Waals surface area contributed by atoms with Crippen molar-refractivity contribution in [3.63, 3.8) is 0 Å². The summed E-state index contributed by atoms with van der Waals surface area (Å²) >= 11 is 3.25. The molecular weight excluding hydrogens is 322 g/mol. The summed E-state index contributed by atoms with van der Waals surface area (Å²) in [6.07, 6.45) is 0. The molecule has 1 unspecified atom stereocenters. The first-order valence-corrected chi connectivity index (χ1v) is 9.23. The lowest BCUT2D eigenvalue weighted by atomic mass is 10.1. The summed E-state index contributed by atoms with van der Waals surface area (Å²) in [5, 5.41) is 8.78. The maximum absolute atomic E-state index is 12.2. The Morgan fingerprint density at radius 3 is 2.86 bits per heavy atom. The molecule has 1 atom stereocenters. The van der Waals surface area contributed by atoms with E-state index in [0.717, 1.165) is 11.3 Å². The number of hydrogen-bond acceptors (Lipinski definition) is 6. The van der Waals surface area contributed by atoms with Crippen molar-refractivity contribution in [1.82, 2.24) is 4.90 Å². The molecule has 1 saturated heterocycles. The molecule has 1 aromatic carbocycles. The number of hydrogen-bond donors (Lipinski definition) is 1. The minimum atomic E-state index is -0.0488. The van der Waals surface area contributed by atoms with Crippen LogP contribution in [0.2, 0.25) is 0 Å². The average Bonchev–Trinajstić information content (AvgIpc) is 2.91. The molecule has 0 spiro atoms. The molecular formula is C15H21NO4S2. The van der Waals surface area contributed by atoms with Crippen molar-refractivity contribution >= 4 is 29.4 Å². The lowest BCUT2D eigenvalue weighted by Crippen LogP contribution is -2.30. The normalized spacial score (nSPS) is 17.9. The molecule has 0 aromatic heterocycles. The van der Waals surface area contributed by atoms with Crippen LogP contribution in [0.3, 0.4) is 0 Å². The van der Waals surface area contributed by atoms with E-state index in [0.29, 0.717) is 29.5 Å². The summed E-state index contributed by atoms with van der Waals surface area (Å²) in [5.41, 5.74) is 0.963. The van der Waals surface area contributed by atoms with Gasteiger partial charge in [-0.3, -0.25) is 4.79 Å². The van der Waals surface area contributed by atoms with Crippen molar-refractivity contribution in [2.45, 2.75) is 5.37 Å². The van der Waals surface area contributed by atoms with Crippen LogP contribution in [0.1, 0.15) is 10.9 Å². The Hall–Kier alpha value is -1.05. The van der Waals surface area contributed by atoms with Crippen LogP contribution < -0.4 is 9.47 Å². The Labute approximate surface area is 139 Å². The number of amides is 1. The molecule has 0 saturated carbocycles. The number of carbonyl (C=O) groups is 1. The SMILES string of the molecule is COc1cccc(C2SCC(=O)N2CCSCCO)c1OC. The van der Waals surface area contributed by atoms with E-state index >= 15 is 0 Å². The highest BCUT2D eigenvalue weighted by Crippen LogP contribution is 2.45. The maximum atomic E-state index is 12.2. The number of rotatable bonds is 8. The van der Waals surface area contributed by atoms with Gasteiger partial charge in [0.1, 0.15) is 5.37 Å². The third kappa shape index (κ3) is 3.83. The van der Waals surface area contributed by atoms with Gasteiger partial charge in [-0.05, 0) is 6.07 Å². The Balaban J connectivity index is 2.17. The fraction of sp³-hybridized carbons (Fsp3) is 0.533. The number of thioether (sulfide) groups is 2. The van der Waals surface area contributed by atoms with Crippen LogP contribution in [0.5, 0.6) is 11.5 Å². The van der Waals surface area contributed by atoms with Gasteiger partial charge in [0.25, 0.3) is 0 Å². The molecule has 5 nitrogen and oxygen atoms in total. The van der Waals surface area contributed by atoms with Gasteiger partial charge in [-0.1, -0.05) is 12.1 Å². The third-order valence-corrected chi connectivity index (χ3v) is 5.56. The molecule has 7 heteroatoms. The number of aliphatic hydroxyl groups is 1. The molecule has 2 rings (SSSR count). The van der Waals surface area contributed by atoms with Gasteiger partial charge in [0.05, 0.1) is 26.6 Å². The highest BCUT2D eigenvalue weighted by molar-refractivity contribution is 8.00. The standard InChI is InChI=1S/C15H21NO4S2/c1-19-12-5-3-4-11(14(12)20-2)15-16(13(18)10-22-15)6-8-21-9-7-17/h3-5,15,17H,6-10H2,1-2H3. The summed E-state index contributed by atoms with van der Waals surface area (Å²) in [4.78, 5) is 14.0. The lowest BCUT2D eigenvalue weighted by Gasteiger charge is -2.26. The zero-order valence-electron chi connectivity index (χ0n) is 12.8. The largest absolute Gasteiger partial charge is 0.493 e. The summed E-state index contributed by atoms with van der Waals surface area (Å²) in [5.74, 6) is 3.50. The van der Waals surface area contributed by atoms with Crippen molar-refractivity contribution in [2.75, 3.05) is 44.6 Å². The van der Waals surface area contributed by atoms with Crippen LogP contribution in [-0.2, 0) is 4.79 Å². The van der Waals surface area contributed by atoms with Crippen molar-refractivity contribution in [2.24, 2.45) is 0 Å². The molecule has 1 fully saturated rings. The van der Waals surface area contributed by atoms with E-state index in [-0.39, 0.29) is 17.9 Å². The number of benzene rings is 1. The van der Waals surface area contributed by atoms with E-state index in [1.54, 1.807) is 37.7 Å². The maximum Gasteiger partial charge on any atom is 0.233 e. The lowest BCUT2D eigenvalue weighted by molar-refractivity contribution is -0.127. The Kier molecular flexibility index (Phi) is 6.72. The first-order valence-electron chi connectivity index (χ1n) is 7.03. The number of aliphatic hydroxyl groups excluding tert-OH is 1. The van der Waals surface area contributed by atoms with E-state index in [9.17, 15) is 4.79 Å². The first kappa shape index (κ1) is 17.3. The topological polar surface area (TPSA) is 59.0 Å². The molecule has 0 radical (unpaired) electrons. The van der Waals surface area contributed by atoms with Crippen LogP contribution in [-0.4, -0.2) is 60.5 Å². The fourth-order valence-corrected chi connectivity index (χ4v) is 4.28. The van der Waals surface area contributed by atoms with Crippen molar-refractivity contribution in [3.05, 3.63) is 23.8 Å². The molecule has 22 heavy (non-hydrogen) atoms. The quantitative estimate of drug-likeness (QED) is 0.729. The Morgan fingerprint density at radius 1 is 1.36 bits per heavy atom. The van der Waals surface area contributed by atoms with E-state index in [1.807, 2.05) is 23.1 Å². The summed E-state index contributed by atoms with van der Waals surface area (Å²) in [6, 6.07) is 5.75. The van der Waals surface area contributed by atoms with Gasteiger partial charge >= 0.3 is 0 Å². The molecule has 1 aliphatic rings. The van der Waals surface area contributed by atoms with Crippen LogP contribution >= 0.6 is 23.5 Å². The highest BCUT2D eigenvalue weighted by atomic mass is 32.2.